The average molecular weight is 383 g/mol. The van der Waals surface area contributed by atoms with E-state index in [1.807, 2.05) is 12.1 Å². The van der Waals surface area contributed by atoms with E-state index in [2.05, 4.69) is 5.32 Å². The molecule has 4 bridgehead atoms. The third kappa shape index (κ3) is 3.36. The molecule has 1 unspecified atom stereocenters. The van der Waals surface area contributed by atoms with Gasteiger partial charge in [0.1, 0.15) is 5.92 Å². The van der Waals surface area contributed by atoms with Gasteiger partial charge in [-0.05, 0) is 85.3 Å². The van der Waals surface area contributed by atoms with Crippen LogP contribution in [0.25, 0.3) is 0 Å². The van der Waals surface area contributed by atoms with Crippen LogP contribution in [0.15, 0.2) is 24.3 Å². The molecule has 2 amide bonds. The maximum absolute atomic E-state index is 12.4. The van der Waals surface area contributed by atoms with E-state index in [0.29, 0.717) is 5.56 Å². The molecule has 4 aliphatic rings. The van der Waals surface area contributed by atoms with Gasteiger partial charge >= 0.3 is 5.97 Å². The van der Waals surface area contributed by atoms with Gasteiger partial charge in [0.05, 0.1) is 0 Å². The molecule has 1 aromatic carbocycles. The lowest BCUT2D eigenvalue weighted by Crippen LogP contribution is -2.48. The quantitative estimate of drug-likeness (QED) is 0.758. The van der Waals surface area contributed by atoms with Gasteiger partial charge in [-0.1, -0.05) is 26.0 Å². The second-order valence-electron chi connectivity index (χ2n) is 9.65. The highest BCUT2D eigenvalue weighted by atomic mass is 16.4. The van der Waals surface area contributed by atoms with Crippen molar-refractivity contribution < 1.29 is 19.5 Å². The summed E-state index contributed by atoms with van der Waals surface area (Å²) in [6.07, 6.45) is 7.96. The summed E-state index contributed by atoms with van der Waals surface area (Å²) in [6, 6.07) is 7.65. The first-order valence-electron chi connectivity index (χ1n) is 10.5. The monoisotopic (exact) mass is 383 g/mol. The minimum absolute atomic E-state index is 0.269. The molecule has 5 heteroatoms. The standard InChI is InChI=1S/C23H29NO4/c1-13(2)19(22(27)28)21(26)24-20(25)17-3-5-18(6-4-17)23-10-14-7-15(11-23)9-16(8-14)12-23/h3-6,13-16,19H,7-12H2,1-2H3,(H,27,28)(H,24,25,26). The minimum atomic E-state index is -1.23. The number of benzene rings is 1. The molecule has 0 spiro atoms. The summed E-state index contributed by atoms with van der Waals surface area (Å²) in [4.78, 5) is 35.9. The molecular formula is C23H29NO4. The molecule has 5 nitrogen and oxygen atoms in total. The highest BCUT2D eigenvalue weighted by molar-refractivity contribution is 6.09. The molecule has 1 atom stereocenters. The molecule has 4 saturated carbocycles. The Hall–Kier alpha value is -2.17. The van der Waals surface area contributed by atoms with Crippen molar-refractivity contribution in [3.63, 3.8) is 0 Å². The zero-order chi connectivity index (χ0) is 20.1. The SMILES string of the molecule is CC(C)C(C(=O)O)C(=O)NC(=O)c1ccc(C23CC4CC(CC(C4)C2)C3)cc1. The summed E-state index contributed by atoms with van der Waals surface area (Å²) in [5, 5.41) is 11.5. The van der Waals surface area contributed by atoms with Crippen molar-refractivity contribution >= 4 is 17.8 Å². The number of hydrogen-bond acceptors (Lipinski definition) is 3. The molecule has 5 rings (SSSR count). The smallest absolute Gasteiger partial charge is 0.316 e. The van der Waals surface area contributed by atoms with E-state index < -0.39 is 23.7 Å². The first-order valence-corrected chi connectivity index (χ1v) is 10.5. The van der Waals surface area contributed by atoms with Gasteiger partial charge in [-0.15, -0.1) is 0 Å². The molecule has 150 valence electrons. The predicted molar refractivity (Wildman–Crippen MR) is 105 cm³/mol. The van der Waals surface area contributed by atoms with Crippen LogP contribution >= 0.6 is 0 Å². The van der Waals surface area contributed by atoms with Crippen molar-refractivity contribution in [3.8, 4) is 0 Å². The fraction of sp³-hybridized carbons (Fsp3) is 0.609. The second-order valence-corrected chi connectivity index (χ2v) is 9.65. The summed E-state index contributed by atoms with van der Waals surface area (Å²) >= 11 is 0. The summed E-state index contributed by atoms with van der Waals surface area (Å²) in [5.74, 6) is -1.54. The van der Waals surface area contributed by atoms with E-state index in [1.165, 1.54) is 44.1 Å². The van der Waals surface area contributed by atoms with Crippen LogP contribution in [-0.2, 0) is 15.0 Å². The van der Waals surface area contributed by atoms with Crippen molar-refractivity contribution in [1.82, 2.24) is 5.32 Å². The Morgan fingerprint density at radius 1 is 0.964 bits per heavy atom. The maximum Gasteiger partial charge on any atom is 0.316 e. The predicted octanol–water partition coefficient (Wildman–Crippen LogP) is 3.77. The number of carboxylic acid groups (broad SMARTS) is 1. The highest BCUT2D eigenvalue weighted by Gasteiger charge is 2.51. The highest BCUT2D eigenvalue weighted by Crippen LogP contribution is 2.60. The Balaban J connectivity index is 1.47. The molecule has 0 radical (unpaired) electrons. The van der Waals surface area contributed by atoms with Crippen LogP contribution in [-0.4, -0.2) is 22.9 Å². The van der Waals surface area contributed by atoms with Crippen molar-refractivity contribution in [2.24, 2.45) is 29.6 Å². The normalized spacial score (nSPS) is 31.6. The van der Waals surface area contributed by atoms with E-state index in [9.17, 15) is 19.5 Å². The van der Waals surface area contributed by atoms with Gasteiger partial charge in [-0.2, -0.15) is 0 Å². The minimum Gasteiger partial charge on any atom is -0.481 e. The Bertz CT molecular complexity index is 760. The van der Waals surface area contributed by atoms with Crippen LogP contribution in [0.4, 0.5) is 0 Å². The zero-order valence-electron chi connectivity index (χ0n) is 16.6. The van der Waals surface area contributed by atoms with Crippen molar-refractivity contribution in [2.75, 3.05) is 0 Å². The summed E-state index contributed by atoms with van der Waals surface area (Å²) in [6.45, 7) is 3.31. The number of amides is 2. The number of nitrogens with one attached hydrogen (secondary N) is 1. The third-order valence-corrected chi connectivity index (χ3v) is 7.25. The van der Waals surface area contributed by atoms with Crippen LogP contribution in [0, 0.1) is 29.6 Å². The van der Waals surface area contributed by atoms with Crippen LogP contribution in [0.2, 0.25) is 0 Å². The lowest BCUT2D eigenvalue weighted by Gasteiger charge is -2.57. The largest absolute Gasteiger partial charge is 0.481 e. The van der Waals surface area contributed by atoms with Gasteiger partial charge in [0.2, 0.25) is 5.91 Å². The topological polar surface area (TPSA) is 83.5 Å². The van der Waals surface area contributed by atoms with Crippen molar-refractivity contribution in [2.45, 2.75) is 57.8 Å². The first-order chi connectivity index (χ1) is 13.3. The molecule has 0 aliphatic heterocycles. The molecule has 1 aromatic rings. The molecule has 4 fully saturated rings. The van der Waals surface area contributed by atoms with E-state index in [0.717, 1.165) is 17.8 Å². The Labute approximate surface area is 165 Å². The number of rotatable bonds is 5. The van der Waals surface area contributed by atoms with Gasteiger partial charge in [0.15, 0.2) is 0 Å². The van der Waals surface area contributed by atoms with Gasteiger partial charge in [0, 0.05) is 5.56 Å². The van der Waals surface area contributed by atoms with Crippen LogP contribution in [0.3, 0.4) is 0 Å². The van der Waals surface area contributed by atoms with Gasteiger partial charge in [0.25, 0.3) is 5.91 Å². The Kier molecular flexibility index (Phi) is 4.80. The summed E-state index contributed by atoms with van der Waals surface area (Å²) < 4.78 is 0. The number of aliphatic carboxylic acids is 1. The van der Waals surface area contributed by atoms with E-state index in [4.69, 9.17) is 0 Å². The second kappa shape index (κ2) is 7.02. The lowest BCUT2D eigenvalue weighted by atomic mass is 9.48. The maximum atomic E-state index is 12.4. The van der Waals surface area contributed by atoms with Crippen LogP contribution in [0.5, 0.6) is 0 Å². The van der Waals surface area contributed by atoms with Gasteiger partial charge in [-0.25, -0.2) is 0 Å². The van der Waals surface area contributed by atoms with Gasteiger partial charge < -0.3 is 5.11 Å². The van der Waals surface area contributed by atoms with E-state index >= 15 is 0 Å². The molecule has 2 N–H and O–H groups in total. The molecule has 0 saturated heterocycles. The van der Waals surface area contributed by atoms with Gasteiger partial charge in [-0.3, -0.25) is 19.7 Å². The molecule has 28 heavy (non-hydrogen) atoms. The number of imide groups is 1. The average Bonchev–Trinajstić information content (AvgIpc) is 2.60. The Morgan fingerprint density at radius 3 is 1.89 bits per heavy atom. The fourth-order valence-electron chi connectivity index (χ4n) is 6.40. The lowest BCUT2D eigenvalue weighted by molar-refractivity contribution is -0.148. The van der Waals surface area contributed by atoms with Crippen LogP contribution < -0.4 is 5.32 Å². The molecule has 0 heterocycles. The van der Waals surface area contributed by atoms with Crippen LogP contribution in [0.1, 0.15) is 68.3 Å². The number of carbonyl (C=O) groups excluding carboxylic acids is 2. The summed E-state index contributed by atoms with van der Waals surface area (Å²) in [7, 11) is 0. The van der Waals surface area contributed by atoms with E-state index in [-0.39, 0.29) is 11.3 Å². The third-order valence-electron chi connectivity index (χ3n) is 7.25. The van der Waals surface area contributed by atoms with E-state index in [1.54, 1.807) is 26.0 Å². The zero-order valence-corrected chi connectivity index (χ0v) is 16.6. The summed E-state index contributed by atoms with van der Waals surface area (Å²) in [5.41, 5.74) is 1.99. The van der Waals surface area contributed by atoms with Crippen molar-refractivity contribution in [1.29, 1.82) is 0 Å². The number of carbonyl (C=O) groups is 3. The van der Waals surface area contributed by atoms with Crippen molar-refractivity contribution in [3.05, 3.63) is 35.4 Å². The fourth-order valence-corrected chi connectivity index (χ4v) is 6.40. The number of hydrogen-bond donors (Lipinski definition) is 2. The number of carboxylic acids is 1. The molecule has 4 aliphatic carbocycles. The first kappa shape index (κ1) is 19.2. The molecular weight excluding hydrogens is 354 g/mol. The Morgan fingerprint density at radius 2 is 1.46 bits per heavy atom. The molecule has 0 aromatic heterocycles.